The number of carbonyl (C=O) groups excluding carboxylic acids is 1. The van der Waals surface area contributed by atoms with Crippen LogP contribution in [0.5, 0.6) is 0 Å². The summed E-state index contributed by atoms with van der Waals surface area (Å²) in [6, 6.07) is 7.41. The lowest BCUT2D eigenvalue weighted by molar-refractivity contribution is -0.135. The lowest BCUT2D eigenvalue weighted by Gasteiger charge is -2.32. The highest BCUT2D eigenvalue weighted by Crippen LogP contribution is 2.15. The topological polar surface area (TPSA) is 67.3 Å². The number of para-hydroxylation sites is 2. The number of H-pyrrole nitrogens is 1. The smallest absolute Gasteiger partial charge is 0.326 e. The Morgan fingerprint density at radius 3 is 3.05 bits per heavy atom. The number of ether oxygens (including phenoxy) is 1. The van der Waals surface area contributed by atoms with Gasteiger partial charge in [0.25, 0.3) is 0 Å². The summed E-state index contributed by atoms with van der Waals surface area (Å²) >= 11 is 0. The molecule has 0 saturated carbocycles. The standard InChI is InChI=1S/C16H21N3O3/c1-2-22-12-6-5-9-18(10-12)15(20)11-19-14-8-4-3-7-13(14)17-16(19)21/h3-4,7-8,12H,2,5-6,9-11H2,1H3,(H,17,21)/t12-/m1/s1. The van der Waals surface area contributed by atoms with Crippen molar-refractivity contribution in [1.82, 2.24) is 14.5 Å². The molecular weight excluding hydrogens is 282 g/mol. The van der Waals surface area contributed by atoms with Crippen molar-refractivity contribution >= 4 is 16.9 Å². The number of benzene rings is 1. The van der Waals surface area contributed by atoms with E-state index in [2.05, 4.69) is 4.98 Å². The van der Waals surface area contributed by atoms with E-state index in [1.807, 2.05) is 31.2 Å². The Balaban J connectivity index is 1.75. The number of nitrogens with one attached hydrogen (secondary N) is 1. The van der Waals surface area contributed by atoms with Crippen LogP contribution in [0, 0.1) is 0 Å². The molecule has 6 nitrogen and oxygen atoms in total. The molecule has 3 rings (SSSR count). The number of aromatic nitrogens is 2. The summed E-state index contributed by atoms with van der Waals surface area (Å²) in [5.74, 6) is -0.0312. The van der Waals surface area contributed by atoms with Gasteiger partial charge in [0, 0.05) is 19.7 Å². The van der Waals surface area contributed by atoms with E-state index in [1.54, 1.807) is 4.90 Å². The van der Waals surface area contributed by atoms with Crippen LogP contribution >= 0.6 is 0 Å². The normalized spacial score (nSPS) is 18.8. The maximum atomic E-state index is 12.5. The van der Waals surface area contributed by atoms with Crippen molar-refractivity contribution in [3.63, 3.8) is 0 Å². The van der Waals surface area contributed by atoms with E-state index in [0.29, 0.717) is 13.2 Å². The lowest BCUT2D eigenvalue weighted by Crippen LogP contribution is -2.45. The Labute approximate surface area is 128 Å². The molecule has 1 amide bonds. The van der Waals surface area contributed by atoms with Crippen LogP contribution in [0.1, 0.15) is 19.8 Å². The molecule has 1 aliphatic rings. The molecule has 0 bridgehead atoms. The second-order valence-corrected chi connectivity index (χ2v) is 5.59. The summed E-state index contributed by atoms with van der Waals surface area (Å²) in [4.78, 5) is 29.1. The van der Waals surface area contributed by atoms with Crippen molar-refractivity contribution in [2.45, 2.75) is 32.4 Å². The van der Waals surface area contributed by atoms with Gasteiger partial charge >= 0.3 is 5.69 Å². The molecule has 22 heavy (non-hydrogen) atoms. The molecule has 1 aliphatic heterocycles. The number of rotatable bonds is 4. The van der Waals surface area contributed by atoms with Gasteiger partial charge in [-0.1, -0.05) is 12.1 Å². The monoisotopic (exact) mass is 303 g/mol. The van der Waals surface area contributed by atoms with Crippen LogP contribution in [0.4, 0.5) is 0 Å². The number of hydrogen-bond acceptors (Lipinski definition) is 3. The highest BCUT2D eigenvalue weighted by molar-refractivity contribution is 5.80. The third kappa shape index (κ3) is 2.92. The molecule has 2 aromatic rings. The zero-order valence-electron chi connectivity index (χ0n) is 12.7. The summed E-state index contributed by atoms with van der Waals surface area (Å²) in [6.45, 7) is 4.05. The Morgan fingerprint density at radius 1 is 1.41 bits per heavy atom. The summed E-state index contributed by atoms with van der Waals surface area (Å²) in [6.07, 6.45) is 2.05. The maximum Gasteiger partial charge on any atom is 0.326 e. The fourth-order valence-electron chi connectivity index (χ4n) is 3.04. The summed E-state index contributed by atoms with van der Waals surface area (Å²) in [7, 11) is 0. The first kappa shape index (κ1) is 14.8. The molecule has 1 atom stereocenters. The molecule has 0 spiro atoms. The highest BCUT2D eigenvalue weighted by atomic mass is 16.5. The van der Waals surface area contributed by atoms with Crippen LogP contribution in [0.2, 0.25) is 0 Å². The molecule has 1 aromatic carbocycles. The first-order chi connectivity index (χ1) is 10.7. The molecular formula is C16H21N3O3. The van der Waals surface area contributed by atoms with Crippen LogP contribution in [0.3, 0.4) is 0 Å². The SMILES string of the molecule is CCO[C@@H]1CCCN(C(=O)Cn2c(=O)[nH]c3ccccc32)C1. The number of likely N-dealkylation sites (tertiary alicyclic amines) is 1. The van der Waals surface area contributed by atoms with Gasteiger partial charge in [-0.05, 0) is 31.9 Å². The number of hydrogen-bond donors (Lipinski definition) is 1. The first-order valence-corrected chi connectivity index (χ1v) is 7.76. The van der Waals surface area contributed by atoms with E-state index in [-0.39, 0.29) is 24.2 Å². The molecule has 2 heterocycles. The molecule has 1 N–H and O–H groups in total. The number of imidazole rings is 1. The van der Waals surface area contributed by atoms with E-state index in [4.69, 9.17) is 4.74 Å². The number of fused-ring (bicyclic) bond motifs is 1. The van der Waals surface area contributed by atoms with Crippen LogP contribution in [-0.2, 0) is 16.1 Å². The zero-order chi connectivity index (χ0) is 15.5. The van der Waals surface area contributed by atoms with Crippen LogP contribution < -0.4 is 5.69 Å². The van der Waals surface area contributed by atoms with Gasteiger partial charge in [-0.2, -0.15) is 0 Å². The molecule has 6 heteroatoms. The molecule has 0 radical (unpaired) electrons. The molecule has 1 aromatic heterocycles. The fraction of sp³-hybridized carbons (Fsp3) is 0.500. The van der Waals surface area contributed by atoms with Gasteiger partial charge in [-0.3, -0.25) is 9.36 Å². The number of nitrogens with zero attached hydrogens (tertiary/aromatic N) is 2. The van der Waals surface area contributed by atoms with Gasteiger partial charge in [0.15, 0.2) is 0 Å². The number of piperidine rings is 1. The maximum absolute atomic E-state index is 12.5. The van der Waals surface area contributed by atoms with E-state index in [0.717, 1.165) is 30.4 Å². The van der Waals surface area contributed by atoms with E-state index in [1.165, 1.54) is 4.57 Å². The minimum Gasteiger partial charge on any atom is -0.377 e. The van der Waals surface area contributed by atoms with Crippen molar-refractivity contribution in [3.8, 4) is 0 Å². The third-order valence-electron chi connectivity index (χ3n) is 4.11. The second-order valence-electron chi connectivity index (χ2n) is 5.59. The molecule has 0 aliphatic carbocycles. The van der Waals surface area contributed by atoms with Gasteiger partial charge in [0.2, 0.25) is 5.91 Å². The van der Waals surface area contributed by atoms with Crippen molar-refractivity contribution < 1.29 is 9.53 Å². The minimum atomic E-state index is -0.243. The van der Waals surface area contributed by atoms with Crippen molar-refractivity contribution in [1.29, 1.82) is 0 Å². The largest absolute Gasteiger partial charge is 0.377 e. The van der Waals surface area contributed by atoms with Crippen LogP contribution in [0.15, 0.2) is 29.1 Å². The Hall–Kier alpha value is -2.08. The van der Waals surface area contributed by atoms with Crippen LogP contribution in [0.25, 0.3) is 11.0 Å². The average molecular weight is 303 g/mol. The first-order valence-electron chi connectivity index (χ1n) is 7.76. The van der Waals surface area contributed by atoms with Gasteiger partial charge in [0.1, 0.15) is 6.54 Å². The molecule has 0 unspecified atom stereocenters. The number of carbonyl (C=O) groups is 1. The summed E-state index contributed by atoms with van der Waals surface area (Å²) in [5.41, 5.74) is 1.28. The van der Waals surface area contributed by atoms with Gasteiger partial charge in [-0.25, -0.2) is 4.79 Å². The summed E-state index contributed by atoms with van der Waals surface area (Å²) < 4.78 is 7.13. The highest BCUT2D eigenvalue weighted by Gasteiger charge is 2.24. The second kappa shape index (κ2) is 6.36. The van der Waals surface area contributed by atoms with Gasteiger partial charge in [-0.15, -0.1) is 0 Å². The predicted molar refractivity (Wildman–Crippen MR) is 83.8 cm³/mol. The van der Waals surface area contributed by atoms with Gasteiger partial charge in [0.05, 0.1) is 17.1 Å². The van der Waals surface area contributed by atoms with E-state index in [9.17, 15) is 9.59 Å². The number of aromatic amines is 1. The molecule has 118 valence electrons. The Bertz CT molecular complexity index is 717. The minimum absolute atomic E-state index is 0.0312. The average Bonchev–Trinajstić information content (AvgIpc) is 2.84. The fourth-order valence-corrected chi connectivity index (χ4v) is 3.04. The number of amides is 1. The van der Waals surface area contributed by atoms with Crippen molar-refractivity contribution in [2.75, 3.05) is 19.7 Å². The summed E-state index contributed by atoms with van der Waals surface area (Å²) in [5, 5.41) is 0. The Kier molecular flexibility index (Phi) is 4.29. The lowest BCUT2D eigenvalue weighted by atomic mass is 10.1. The predicted octanol–water partition coefficient (Wildman–Crippen LogP) is 1.36. The molecule has 1 saturated heterocycles. The van der Waals surface area contributed by atoms with Gasteiger partial charge < -0.3 is 14.6 Å². The molecule has 1 fully saturated rings. The zero-order valence-corrected chi connectivity index (χ0v) is 12.7. The Morgan fingerprint density at radius 2 is 2.23 bits per heavy atom. The van der Waals surface area contributed by atoms with Crippen molar-refractivity contribution in [3.05, 3.63) is 34.7 Å². The van der Waals surface area contributed by atoms with Crippen molar-refractivity contribution in [2.24, 2.45) is 0 Å². The van der Waals surface area contributed by atoms with E-state index < -0.39 is 0 Å². The third-order valence-corrected chi connectivity index (χ3v) is 4.11. The van der Waals surface area contributed by atoms with E-state index >= 15 is 0 Å². The quantitative estimate of drug-likeness (QED) is 0.927. The van der Waals surface area contributed by atoms with Crippen LogP contribution in [-0.4, -0.2) is 46.2 Å².